The van der Waals surface area contributed by atoms with Crippen LogP contribution in [0.1, 0.15) is 32.4 Å². The monoisotopic (exact) mass is 467 g/mol. The molecule has 0 spiro atoms. The topological polar surface area (TPSA) is 97.4 Å². The van der Waals surface area contributed by atoms with Crippen LogP contribution in [0, 0.1) is 5.82 Å². The third-order valence-corrected chi connectivity index (χ3v) is 5.54. The number of aromatic nitrogens is 4. The van der Waals surface area contributed by atoms with Crippen LogP contribution in [-0.4, -0.2) is 64.0 Å². The lowest BCUT2D eigenvalue weighted by molar-refractivity contribution is -0.117. The van der Waals surface area contributed by atoms with Crippen LogP contribution in [0.15, 0.2) is 39.8 Å². The molecule has 180 valence electrons. The van der Waals surface area contributed by atoms with Crippen molar-refractivity contribution in [1.29, 1.82) is 0 Å². The first-order valence-corrected chi connectivity index (χ1v) is 10.9. The zero-order valence-electron chi connectivity index (χ0n) is 20.4. The fourth-order valence-corrected chi connectivity index (χ4v) is 3.67. The van der Waals surface area contributed by atoms with Gasteiger partial charge in [-0.05, 0) is 59.3 Å². The number of carbonyl (C=O) groups excluding carboxylic acids is 1. The van der Waals surface area contributed by atoms with Gasteiger partial charge in [-0.15, -0.1) is 10.2 Å². The van der Waals surface area contributed by atoms with Crippen LogP contribution in [0.4, 0.5) is 4.39 Å². The van der Waals surface area contributed by atoms with Crippen LogP contribution in [-0.2, 0) is 11.8 Å². The van der Waals surface area contributed by atoms with Crippen molar-refractivity contribution in [3.8, 4) is 0 Å². The molecule has 1 amide bonds. The highest BCUT2D eigenvalue weighted by Crippen LogP contribution is 2.29. The largest absolute Gasteiger partial charge is 0.349 e. The zero-order valence-corrected chi connectivity index (χ0v) is 20.4. The number of fused-ring (bicyclic) bond motifs is 3. The van der Waals surface area contributed by atoms with E-state index in [0.29, 0.717) is 46.3 Å². The summed E-state index contributed by atoms with van der Waals surface area (Å²) in [5.74, 6) is -0.844. The average Bonchev–Trinajstić information content (AvgIpc) is 3.03. The molecule has 10 heteroatoms. The number of carbonyl (C=O) groups is 1. The highest BCUT2D eigenvalue weighted by atomic mass is 19.1. The van der Waals surface area contributed by atoms with Gasteiger partial charge in [0.15, 0.2) is 5.65 Å². The summed E-state index contributed by atoms with van der Waals surface area (Å²) in [6, 6.07) is 2.85. The Morgan fingerprint density at radius 1 is 1.29 bits per heavy atom. The molecule has 0 saturated heterocycles. The highest BCUT2D eigenvalue weighted by Gasteiger charge is 2.19. The average molecular weight is 468 g/mol. The summed E-state index contributed by atoms with van der Waals surface area (Å²) in [5, 5.41) is 11.7. The lowest BCUT2D eigenvalue weighted by atomic mass is 10.0. The molecule has 3 aromatic rings. The van der Waals surface area contributed by atoms with Crippen LogP contribution < -0.4 is 11.0 Å². The molecule has 0 aliphatic rings. The molecule has 0 saturated carbocycles. The van der Waals surface area contributed by atoms with Crippen LogP contribution >= 0.6 is 0 Å². The van der Waals surface area contributed by atoms with Gasteiger partial charge in [-0.1, -0.05) is 6.08 Å². The van der Waals surface area contributed by atoms with Crippen molar-refractivity contribution in [2.45, 2.75) is 26.8 Å². The van der Waals surface area contributed by atoms with Crippen molar-refractivity contribution in [3.63, 3.8) is 0 Å². The Balaban J connectivity index is 2.08. The van der Waals surface area contributed by atoms with Gasteiger partial charge in [-0.3, -0.25) is 18.9 Å². The van der Waals surface area contributed by atoms with Crippen LogP contribution in [0.3, 0.4) is 0 Å². The first-order chi connectivity index (χ1) is 16.1. The number of hydrogen-bond donors (Lipinski definition) is 1. The minimum Gasteiger partial charge on any atom is -0.349 e. The number of aliphatic imine (C=N–C) groups is 1. The van der Waals surface area contributed by atoms with Gasteiger partial charge in [-0.25, -0.2) is 9.18 Å². The van der Waals surface area contributed by atoms with Crippen molar-refractivity contribution in [2.24, 2.45) is 12.0 Å². The molecule has 0 aliphatic heterocycles. The number of allylic oxidation sites excluding steroid dienone is 3. The smallest absolute Gasteiger partial charge is 0.330 e. The van der Waals surface area contributed by atoms with Gasteiger partial charge in [0, 0.05) is 43.2 Å². The van der Waals surface area contributed by atoms with Crippen LogP contribution in [0.25, 0.3) is 27.6 Å². The van der Waals surface area contributed by atoms with E-state index < -0.39 is 5.82 Å². The molecule has 0 bridgehead atoms. The minimum absolute atomic E-state index is 0.121. The molecule has 0 unspecified atom stereocenters. The fourth-order valence-electron chi connectivity index (χ4n) is 3.67. The number of benzene rings is 1. The summed E-state index contributed by atoms with van der Waals surface area (Å²) in [6.07, 6.45) is 3.12. The number of hydrogen-bond acceptors (Lipinski definition) is 6. The van der Waals surface area contributed by atoms with E-state index in [-0.39, 0.29) is 23.3 Å². The first kappa shape index (κ1) is 25.0. The number of nitrogens with zero attached hydrogens (tertiary/aromatic N) is 6. The van der Waals surface area contributed by atoms with Crippen molar-refractivity contribution in [3.05, 3.63) is 51.8 Å². The van der Waals surface area contributed by atoms with E-state index in [0.717, 1.165) is 0 Å². The van der Waals surface area contributed by atoms with Crippen molar-refractivity contribution < 1.29 is 9.18 Å². The van der Waals surface area contributed by atoms with Crippen molar-refractivity contribution in [1.82, 2.24) is 29.5 Å². The SMILES string of the molecule is C=N/C(=C\C=C(/C)c1cc2c(cc1F)nnc1c2n(C(C)C)c(=O)n1C)C(=O)NCCN(C)C. The van der Waals surface area contributed by atoms with Crippen molar-refractivity contribution in [2.75, 3.05) is 27.2 Å². The molecule has 1 N–H and O–H groups in total. The Morgan fingerprint density at radius 2 is 2.00 bits per heavy atom. The van der Waals surface area contributed by atoms with Gasteiger partial charge in [0.2, 0.25) is 0 Å². The third kappa shape index (κ3) is 4.81. The molecule has 3 rings (SSSR count). The van der Waals surface area contributed by atoms with E-state index in [9.17, 15) is 14.0 Å². The predicted octanol–water partition coefficient (Wildman–Crippen LogP) is 2.67. The van der Waals surface area contributed by atoms with Crippen molar-refractivity contribution >= 4 is 40.3 Å². The Labute approximate surface area is 197 Å². The second-order valence-corrected chi connectivity index (χ2v) is 8.65. The normalized spacial score (nSPS) is 12.9. The molecule has 2 aromatic heterocycles. The van der Waals surface area contributed by atoms with E-state index in [1.54, 1.807) is 30.7 Å². The van der Waals surface area contributed by atoms with Gasteiger partial charge in [0.05, 0.1) is 5.52 Å². The fraction of sp³-hybridized carbons (Fsp3) is 0.375. The highest BCUT2D eigenvalue weighted by molar-refractivity contribution is 6.02. The Hall–Kier alpha value is -3.66. The molecule has 2 heterocycles. The quantitative estimate of drug-likeness (QED) is 0.312. The van der Waals surface area contributed by atoms with E-state index >= 15 is 0 Å². The second-order valence-electron chi connectivity index (χ2n) is 8.65. The number of nitrogens with one attached hydrogen (secondary N) is 1. The van der Waals surface area contributed by atoms with E-state index in [2.05, 4.69) is 27.2 Å². The molecular formula is C24H30FN7O2. The summed E-state index contributed by atoms with van der Waals surface area (Å²) in [6.45, 7) is 10.2. The Kier molecular flexibility index (Phi) is 7.41. The van der Waals surface area contributed by atoms with Gasteiger partial charge in [0.25, 0.3) is 5.91 Å². The molecule has 0 radical (unpaired) electrons. The van der Waals surface area contributed by atoms with Crippen LogP contribution in [0.2, 0.25) is 0 Å². The summed E-state index contributed by atoms with van der Waals surface area (Å²) in [5.41, 5.74) is 2.19. The first-order valence-electron chi connectivity index (χ1n) is 10.9. The number of rotatable bonds is 8. The number of halogens is 1. The van der Waals surface area contributed by atoms with Gasteiger partial charge >= 0.3 is 5.69 Å². The number of amides is 1. The summed E-state index contributed by atoms with van der Waals surface area (Å²) >= 11 is 0. The standard InChI is InChI=1S/C24H30FN7O2/c1-14(2)32-21-17-12-16(18(25)13-20(17)28-29-22(21)31(7)24(32)34)15(3)8-9-19(26-4)23(33)27-10-11-30(5)6/h8-9,12-14H,4,10-11H2,1-3,5-7H3,(H,27,33)/b15-8+,19-9-. The summed E-state index contributed by atoms with van der Waals surface area (Å²) < 4.78 is 18.1. The van der Waals surface area contributed by atoms with E-state index in [1.807, 2.05) is 32.8 Å². The zero-order chi connectivity index (χ0) is 25.2. The minimum atomic E-state index is -0.485. The van der Waals surface area contributed by atoms with E-state index in [4.69, 9.17) is 0 Å². The lowest BCUT2D eigenvalue weighted by Crippen LogP contribution is -2.31. The Bertz CT molecular complexity index is 1380. The van der Waals surface area contributed by atoms with Gasteiger partial charge < -0.3 is 10.2 Å². The Morgan fingerprint density at radius 3 is 2.62 bits per heavy atom. The number of likely N-dealkylation sites (N-methyl/N-ethyl adjacent to an activating group) is 1. The maximum atomic E-state index is 15.0. The van der Waals surface area contributed by atoms with E-state index in [1.165, 1.54) is 16.7 Å². The second kappa shape index (κ2) is 10.1. The molecule has 1 aromatic carbocycles. The third-order valence-electron chi connectivity index (χ3n) is 5.54. The van der Waals surface area contributed by atoms with Gasteiger partial charge in [-0.2, -0.15) is 0 Å². The van der Waals surface area contributed by atoms with Gasteiger partial charge in [0.1, 0.15) is 17.0 Å². The molecule has 0 fully saturated rings. The summed E-state index contributed by atoms with van der Waals surface area (Å²) in [7, 11) is 5.46. The molecule has 34 heavy (non-hydrogen) atoms. The number of imidazole rings is 1. The molecular weight excluding hydrogens is 437 g/mol. The molecule has 0 aliphatic carbocycles. The predicted molar refractivity (Wildman–Crippen MR) is 133 cm³/mol. The lowest BCUT2D eigenvalue weighted by Gasteiger charge is -2.11. The van der Waals surface area contributed by atoms with Crippen LogP contribution in [0.5, 0.6) is 0 Å². The maximum Gasteiger partial charge on any atom is 0.330 e. The molecule has 0 atom stereocenters. The number of aryl methyl sites for hydroxylation is 1. The molecule has 9 nitrogen and oxygen atoms in total. The maximum absolute atomic E-state index is 15.0. The summed E-state index contributed by atoms with van der Waals surface area (Å²) in [4.78, 5) is 30.8.